The molecule has 0 rings (SSSR count). The standard InChI is InChI=1S/C13H29NO/c1-12(2)7-10-15-9-6-5-8-13(3,4)11-14/h12H,5-11,14H2,1-4H3. The van der Waals surface area contributed by atoms with Gasteiger partial charge in [0.05, 0.1) is 0 Å². The van der Waals surface area contributed by atoms with Crippen molar-refractivity contribution in [1.82, 2.24) is 0 Å². The number of rotatable bonds is 9. The lowest BCUT2D eigenvalue weighted by Gasteiger charge is -2.21. The molecule has 0 aliphatic rings. The molecule has 0 unspecified atom stereocenters. The van der Waals surface area contributed by atoms with Crippen LogP contribution in [0.2, 0.25) is 0 Å². The Balaban J connectivity index is 3.18. The Hall–Kier alpha value is -0.0800. The fourth-order valence-corrected chi connectivity index (χ4v) is 1.33. The van der Waals surface area contributed by atoms with Gasteiger partial charge >= 0.3 is 0 Å². The van der Waals surface area contributed by atoms with E-state index < -0.39 is 0 Å². The van der Waals surface area contributed by atoms with Gasteiger partial charge < -0.3 is 10.5 Å². The van der Waals surface area contributed by atoms with Crippen molar-refractivity contribution in [3.63, 3.8) is 0 Å². The van der Waals surface area contributed by atoms with E-state index in [1.54, 1.807) is 0 Å². The van der Waals surface area contributed by atoms with E-state index >= 15 is 0 Å². The zero-order valence-electron chi connectivity index (χ0n) is 11.0. The van der Waals surface area contributed by atoms with Crippen LogP contribution in [0.4, 0.5) is 0 Å². The van der Waals surface area contributed by atoms with Gasteiger partial charge in [-0.05, 0) is 37.1 Å². The summed E-state index contributed by atoms with van der Waals surface area (Å²) >= 11 is 0. The van der Waals surface area contributed by atoms with Crippen LogP contribution in [-0.4, -0.2) is 19.8 Å². The van der Waals surface area contributed by atoms with E-state index in [9.17, 15) is 0 Å². The Morgan fingerprint density at radius 1 is 1.13 bits per heavy atom. The Morgan fingerprint density at radius 2 is 1.80 bits per heavy atom. The zero-order chi connectivity index (χ0) is 11.7. The van der Waals surface area contributed by atoms with Crippen molar-refractivity contribution in [3.05, 3.63) is 0 Å². The SMILES string of the molecule is CC(C)CCOCCCCC(C)(C)CN. The summed E-state index contributed by atoms with van der Waals surface area (Å²) < 4.78 is 5.56. The van der Waals surface area contributed by atoms with Crippen molar-refractivity contribution in [2.75, 3.05) is 19.8 Å². The molecule has 0 bridgehead atoms. The van der Waals surface area contributed by atoms with Crippen molar-refractivity contribution < 1.29 is 4.74 Å². The van der Waals surface area contributed by atoms with Gasteiger partial charge in [0, 0.05) is 13.2 Å². The predicted octanol–water partition coefficient (Wildman–Crippen LogP) is 3.20. The first-order valence-electron chi connectivity index (χ1n) is 6.26. The number of hydrogen-bond acceptors (Lipinski definition) is 2. The lowest BCUT2D eigenvalue weighted by molar-refractivity contribution is 0.117. The average Bonchev–Trinajstić information content (AvgIpc) is 2.16. The fourth-order valence-electron chi connectivity index (χ4n) is 1.33. The van der Waals surface area contributed by atoms with Crippen molar-refractivity contribution in [2.24, 2.45) is 17.1 Å². The third-order valence-electron chi connectivity index (χ3n) is 2.78. The maximum atomic E-state index is 5.67. The highest BCUT2D eigenvalue weighted by molar-refractivity contribution is 4.68. The van der Waals surface area contributed by atoms with Crippen LogP contribution >= 0.6 is 0 Å². The van der Waals surface area contributed by atoms with Gasteiger partial charge in [-0.1, -0.05) is 34.1 Å². The molecule has 0 radical (unpaired) electrons. The molecule has 2 nitrogen and oxygen atoms in total. The van der Waals surface area contributed by atoms with Crippen LogP contribution in [0.1, 0.15) is 53.4 Å². The minimum atomic E-state index is 0.304. The largest absolute Gasteiger partial charge is 0.381 e. The summed E-state index contributed by atoms with van der Waals surface area (Å²) in [7, 11) is 0. The van der Waals surface area contributed by atoms with Gasteiger partial charge in [-0.2, -0.15) is 0 Å². The number of ether oxygens (including phenoxy) is 1. The molecule has 0 aliphatic heterocycles. The van der Waals surface area contributed by atoms with Crippen LogP contribution in [0, 0.1) is 11.3 Å². The van der Waals surface area contributed by atoms with Crippen LogP contribution < -0.4 is 5.73 Å². The number of nitrogens with two attached hydrogens (primary N) is 1. The number of unbranched alkanes of at least 4 members (excludes halogenated alkanes) is 1. The van der Waals surface area contributed by atoms with Crippen molar-refractivity contribution in [2.45, 2.75) is 53.4 Å². The van der Waals surface area contributed by atoms with Crippen LogP contribution in [0.25, 0.3) is 0 Å². The van der Waals surface area contributed by atoms with Gasteiger partial charge in [0.15, 0.2) is 0 Å². The summed E-state index contributed by atoms with van der Waals surface area (Å²) in [6.07, 6.45) is 4.78. The van der Waals surface area contributed by atoms with E-state index in [2.05, 4.69) is 27.7 Å². The molecule has 0 heterocycles. The minimum absolute atomic E-state index is 0.304. The maximum Gasteiger partial charge on any atom is 0.0468 e. The summed E-state index contributed by atoms with van der Waals surface area (Å²) in [4.78, 5) is 0. The molecule has 15 heavy (non-hydrogen) atoms. The van der Waals surface area contributed by atoms with E-state index in [0.29, 0.717) is 5.41 Å². The van der Waals surface area contributed by atoms with Gasteiger partial charge in [-0.25, -0.2) is 0 Å². The first-order valence-corrected chi connectivity index (χ1v) is 6.26. The molecule has 0 aromatic rings. The average molecular weight is 215 g/mol. The van der Waals surface area contributed by atoms with Gasteiger partial charge in [0.2, 0.25) is 0 Å². The molecular formula is C13H29NO. The van der Waals surface area contributed by atoms with E-state index in [1.165, 1.54) is 25.7 Å². The molecular weight excluding hydrogens is 186 g/mol. The molecule has 0 amide bonds. The van der Waals surface area contributed by atoms with Crippen LogP contribution in [-0.2, 0) is 4.74 Å². The topological polar surface area (TPSA) is 35.2 Å². The monoisotopic (exact) mass is 215 g/mol. The summed E-state index contributed by atoms with van der Waals surface area (Å²) in [6.45, 7) is 11.5. The highest BCUT2D eigenvalue weighted by atomic mass is 16.5. The first kappa shape index (κ1) is 14.9. The van der Waals surface area contributed by atoms with Gasteiger partial charge in [0.1, 0.15) is 0 Å². The lowest BCUT2D eigenvalue weighted by atomic mass is 9.87. The predicted molar refractivity (Wildman–Crippen MR) is 67.0 cm³/mol. The second kappa shape index (κ2) is 8.12. The Kier molecular flexibility index (Phi) is 8.07. The third-order valence-corrected chi connectivity index (χ3v) is 2.78. The van der Waals surface area contributed by atoms with Gasteiger partial charge in [-0.15, -0.1) is 0 Å². The Labute approximate surface area is 95.6 Å². The molecule has 0 saturated carbocycles. The van der Waals surface area contributed by atoms with E-state index in [1.807, 2.05) is 0 Å². The molecule has 0 spiro atoms. The Bertz CT molecular complexity index is 143. The van der Waals surface area contributed by atoms with Crippen molar-refractivity contribution in [3.8, 4) is 0 Å². The molecule has 0 aromatic heterocycles. The van der Waals surface area contributed by atoms with E-state index in [-0.39, 0.29) is 0 Å². The Morgan fingerprint density at radius 3 is 2.33 bits per heavy atom. The molecule has 0 aromatic carbocycles. The summed E-state index contributed by atoms with van der Waals surface area (Å²) in [5.41, 5.74) is 5.97. The molecule has 0 saturated heterocycles. The minimum Gasteiger partial charge on any atom is -0.381 e. The highest BCUT2D eigenvalue weighted by Crippen LogP contribution is 2.21. The van der Waals surface area contributed by atoms with Crippen molar-refractivity contribution in [1.29, 1.82) is 0 Å². The highest BCUT2D eigenvalue weighted by Gasteiger charge is 2.14. The van der Waals surface area contributed by atoms with Gasteiger partial charge in [0.25, 0.3) is 0 Å². The second-order valence-electron chi connectivity index (χ2n) is 5.62. The third kappa shape index (κ3) is 10.2. The quantitative estimate of drug-likeness (QED) is 0.599. The molecule has 0 aliphatic carbocycles. The zero-order valence-corrected chi connectivity index (χ0v) is 11.0. The molecule has 0 atom stereocenters. The second-order valence-corrected chi connectivity index (χ2v) is 5.62. The normalized spacial score (nSPS) is 12.4. The van der Waals surface area contributed by atoms with Crippen LogP contribution in [0.5, 0.6) is 0 Å². The van der Waals surface area contributed by atoms with Crippen molar-refractivity contribution >= 4 is 0 Å². The first-order chi connectivity index (χ1) is 6.98. The molecule has 2 heteroatoms. The molecule has 2 N–H and O–H groups in total. The molecule has 0 fully saturated rings. The number of hydrogen-bond donors (Lipinski definition) is 1. The lowest BCUT2D eigenvalue weighted by Crippen LogP contribution is -2.23. The van der Waals surface area contributed by atoms with Crippen LogP contribution in [0.15, 0.2) is 0 Å². The smallest absolute Gasteiger partial charge is 0.0468 e. The summed E-state index contributed by atoms with van der Waals surface area (Å²) in [5.74, 6) is 0.751. The molecule has 92 valence electrons. The summed E-state index contributed by atoms with van der Waals surface area (Å²) in [6, 6.07) is 0. The van der Waals surface area contributed by atoms with Crippen LogP contribution in [0.3, 0.4) is 0 Å². The summed E-state index contributed by atoms with van der Waals surface area (Å²) in [5, 5.41) is 0. The van der Waals surface area contributed by atoms with E-state index in [0.717, 1.165) is 25.7 Å². The maximum absolute atomic E-state index is 5.67. The fraction of sp³-hybridized carbons (Fsp3) is 1.00. The van der Waals surface area contributed by atoms with Gasteiger partial charge in [-0.3, -0.25) is 0 Å². The van der Waals surface area contributed by atoms with E-state index in [4.69, 9.17) is 10.5 Å².